The smallest absolute Gasteiger partial charge is 0.170 e. The first-order chi connectivity index (χ1) is 17.0. The fourth-order valence-electron chi connectivity index (χ4n) is 5.11. The van der Waals surface area contributed by atoms with Gasteiger partial charge in [0.25, 0.3) is 0 Å². The van der Waals surface area contributed by atoms with E-state index in [1.807, 2.05) is 30.5 Å². The molecule has 0 saturated carbocycles. The van der Waals surface area contributed by atoms with Crippen LogP contribution in [0.4, 0.5) is 0 Å². The van der Waals surface area contributed by atoms with Gasteiger partial charge in [-0.15, -0.1) is 0 Å². The summed E-state index contributed by atoms with van der Waals surface area (Å²) in [6, 6.07) is 25.0. The molecule has 6 heteroatoms. The summed E-state index contributed by atoms with van der Waals surface area (Å²) in [6.07, 6.45) is 1.85. The van der Waals surface area contributed by atoms with Crippen LogP contribution in [0.2, 0.25) is 0 Å². The van der Waals surface area contributed by atoms with Crippen LogP contribution in [0.25, 0.3) is 5.69 Å². The van der Waals surface area contributed by atoms with E-state index in [1.54, 1.807) is 7.11 Å². The molecule has 1 N–H and O–H groups in total. The van der Waals surface area contributed by atoms with Crippen LogP contribution in [-0.4, -0.2) is 26.7 Å². The predicted molar refractivity (Wildman–Crippen MR) is 144 cm³/mol. The molecule has 4 aromatic rings. The molecule has 0 radical (unpaired) electrons. The SMILES string of the molecule is COc1ccc(CN2C(=S)N[C@H](c3ccccn3)[C@H]2c2cc(C)n(-c3ccccc3C)c2C)cc1. The third kappa shape index (κ3) is 4.30. The Morgan fingerprint density at radius 3 is 2.40 bits per heavy atom. The molecule has 0 amide bonds. The maximum Gasteiger partial charge on any atom is 0.170 e. The molecule has 0 spiro atoms. The molecule has 178 valence electrons. The van der Waals surface area contributed by atoms with E-state index in [0.717, 1.165) is 16.6 Å². The monoisotopic (exact) mass is 482 g/mol. The van der Waals surface area contributed by atoms with Gasteiger partial charge >= 0.3 is 0 Å². The second kappa shape index (κ2) is 9.55. The Bertz CT molecular complexity index is 1350. The van der Waals surface area contributed by atoms with Gasteiger partial charge < -0.3 is 19.5 Å². The summed E-state index contributed by atoms with van der Waals surface area (Å²) in [5.74, 6) is 0.848. The summed E-state index contributed by atoms with van der Waals surface area (Å²) < 4.78 is 7.70. The van der Waals surface area contributed by atoms with Crippen LogP contribution in [0.3, 0.4) is 0 Å². The first kappa shape index (κ1) is 23.1. The highest BCUT2D eigenvalue weighted by atomic mass is 32.1. The maximum atomic E-state index is 5.90. The predicted octanol–water partition coefficient (Wildman–Crippen LogP) is 5.98. The van der Waals surface area contributed by atoms with Gasteiger partial charge in [0.05, 0.1) is 24.9 Å². The molecular weight excluding hydrogens is 452 g/mol. The summed E-state index contributed by atoms with van der Waals surface area (Å²) in [7, 11) is 1.69. The lowest BCUT2D eigenvalue weighted by molar-refractivity contribution is 0.310. The van der Waals surface area contributed by atoms with Gasteiger partial charge in [-0.1, -0.05) is 36.4 Å². The molecule has 1 aliphatic heterocycles. The molecule has 5 rings (SSSR count). The van der Waals surface area contributed by atoms with E-state index in [4.69, 9.17) is 21.9 Å². The second-order valence-corrected chi connectivity index (χ2v) is 9.44. The molecule has 2 atom stereocenters. The average molecular weight is 483 g/mol. The first-order valence-corrected chi connectivity index (χ1v) is 12.2. The highest BCUT2D eigenvalue weighted by molar-refractivity contribution is 7.80. The lowest BCUT2D eigenvalue weighted by atomic mass is 9.96. The summed E-state index contributed by atoms with van der Waals surface area (Å²) in [5, 5.41) is 4.32. The van der Waals surface area contributed by atoms with Crippen molar-refractivity contribution in [2.45, 2.75) is 39.4 Å². The summed E-state index contributed by atoms with van der Waals surface area (Å²) in [6.45, 7) is 7.23. The van der Waals surface area contributed by atoms with Crippen LogP contribution in [0, 0.1) is 20.8 Å². The number of pyridine rings is 1. The number of methoxy groups -OCH3 is 1. The van der Waals surface area contributed by atoms with Crippen molar-refractivity contribution < 1.29 is 4.74 Å². The summed E-state index contributed by atoms with van der Waals surface area (Å²) in [5.41, 5.74) is 8.28. The number of thiocarbonyl (C=S) groups is 1. The second-order valence-electron chi connectivity index (χ2n) is 9.05. The highest BCUT2D eigenvalue weighted by Gasteiger charge is 2.41. The Labute approximate surface area is 212 Å². The molecule has 1 fully saturated rings. The van der Waals surface area contributed by atoms with Crippen molar-refractivity contribution >= 4 is 17.3 Å². The van der Waals surface area contributed by atoms with E-state index in [2.05, 4.69) is 84.1 Å². The molecular formula is C29H30N4OS. The fourth-order valence-corrected chi connectivity index (χ4v) is 5.42. The van der Waals surface area contributed by atoms with Crippen LogP contribution >= 0.6 is 12.2 Å². The minimum absolute atomic E-state index is 0.00321. The van der Waals surface area contributed by atoms with E-state index in [9.17, 15) is 0 Å². The first-order valence-electron chi connectivity index (χ1n) is 11.8. The van der Waals surface area contributed by atoms with E-state index in [-0.39, 0.29) is 12.1 Å². The van der Waals surface area contributed by atoms with Gasteiger partial charge in [-0.25, -0.2) is 0 Å². The van der Waals surface area contributed by atoms with Crippen LogP contribution in [0.15, 0.2) is 79.0 Å². The molecule has 5 nitrogen and oxygen atoms in total. The molecule has 2 aromatic heterocycles. The molecule has 0 aliphatic carbocycles. The third-order valence-corrected chi connectivity index (χ3v) is 7.21. The standard InChI is InChI=1S/C29H30N4OS/c1-19-9-5-6-11-26(19)33-20(2)17-24(21(33)3)28-27(25-10-7-8-16-30-25)31-29(35)32(28)18-22-12-14-23(34-4)15-13-22/h5-17,27-28H,18H2,1-4H3,(H,31,35)/t27-,28-/m1/s1. The van der Waals surface area contributed by atoms with Gasteiger partial charge in [0.1, 0.15) is 5.75 Å². The van der Waals surface area contributed by atoms with E-state index in [0.29, 0.717) is 6.54 Å². The van der Waals surface area contributed by atoms with Crippen LogP contribution in [0.1, 0.15) is 45.9 Å². The Balaban J connectivity index is 1.60. The van der Waals surface area contributed by atoms with Crippen molar-refractivity contribution in [3.05, 3.63) is 113 Å². The number of nitrogens with one attached hydrogen (secondary N) is 1. The Hall–Kier alpha value is -3.64. The van der Waals surface area contributed by atoms with E-state index >= 15 is 0 Å². The van der Waals surface area contributed by atoms with Crippen molar-refractivity contribution in [1.82, 2.24) is 19.8 Å². The minimum Gasteiger partial charge on any atom is -0.497 e. The fraction of sp³-hybridized carbons (Fsp3) is 0.241. The van der Waals surface area contributed by atoms with Crippen molar-refractivity contribution in [3.63, 3.8) is 0 Å². The van der Waals surface area contributed by atoms with E-state index < -0.39 is 0 Å². The Kier molecular flexibility index (Phi) is 6.31. The molecule has 1 saturated heterocycles. The van der Waals surface area contributed by atoms with Gasteiger partial charge in [-0.3, -0.25) is 4.98 Å². The topological polar surface area (TPSA) is 42.3 Å². The molecule has 3 heterocycles. The number of para-hydroxylation sites is 1. The largest absolute Gasteiger partial charge is 0.497 e. The quantitative estimate of drug-likeness (QED) is 0.343. The van der Waals surface area contributed by atoms with Crippen molar-refractivity contribution in [2.75, 3.05) is 7.11 Å². The number of nitrogens with zero attached hydrogens (tertiary/aromatic N) is 3. The van der Waals surface area contributed by atoms with Gasteiger partial charge in [-0.2, -0.15) is 0 Å². The number of hydrogen-bond acceptors (Lipinski definition) is 3. The van der Waals surface area contributed by atoms with Crippen molar-refractivity contribution in [1.29, 1.82) is 0 Å². The van der Waals surface area contributed by atoms with Gasteiger partial charge in [0, 0.05) is 29.8 Å². The molecule has 1 aliphatic rings. The normalized spacial score (nSPS) is 17.5. The van der Waals surface area contributed by atoms with Gasteiger partial charge in [0.15, 0.2) is 5.11 Å². The number of aryl methyl sites for hydroxylation is 2. The Morgan fingerprint density at radius 2 is 1.71 bits per heavy atom. The van der Waals surface area contributed by atoms with Crippen molar-refractivity contribution in [3.8, 4) is 11.4 Å². The maximum absolute atomic E-state index is 5.90. The summed E-state index contributed by atoms with van der Waals surface area (Å²) >= 11 is 5.90. The zero-order valence-electron chi connectivity index (χ0n) is 20.5. The molecule has 35 heavy (non-hydrogen) atoms. The Morgan fingerprint density at radius 1 is 0.971 bits per heavy atom. The van der Waals surface area contributed by atoms with Gasteiger partial charge in [-0.05, 0) is 86.1 Å². The number of benzene rings is 2. The third-order valence-electron chi connectivity index (χ3n) is 6.86. The lowest BCUT2D eigenvalue weighted by Gasteiger charge is -2.28. The van der Waals surface area contributed by atoms with Gasteiger partial charge in [0.2, 0.25) is 0 Å². The van der Waals surface area contributed by atoms with E-state index in [1.165, 1.54) is 33.8 Å². The average Bonchev–Trinajstić information content (AvgIpc) is 3.35. The van der Waals surface area contributed by atoms with Crippen LogP contribution < -0.4 is 10.1 Å². The highest BCUT2D eigenvalue weighted by Crippen LogP contribution is 2.42. The number of aromatic nitrogens is 2. The number of rotatable bonds is 6. The molecule has 2 aromatic carbocycles. The number of hydrogen-bond donors (Lipinski definition) is 1. The number of ether oxygens (including phenoxy) is 1. The molecule has 0 bridgehead atoms. The van der Waals surface area contributed by atoms with Crippen LogP contribution in [-0.2, 0) is 6.54 Å². The minimum atomic E-state index is -0.0484. The lowest BCUT2D eigenvalue weighted by Crippen LogP contribution is -2.29. The van der Waals surface area contributed by atoms with Crippen molar-refractivity contribution in [2.24, 2.45) is 0 Å². The molecule has 0 unspecified atom stereocenters. The zero-order chi connectivity index (χ0) is 24.5. The zero-order valence-corrected chi connectivity index (χ0v) is 21.3. The summed E-state index contributed by atoms with van der Waals surface area (Å²) in [4.78, 5) is 6.99. The van der Waals surface area contributed by atoms with Crippen LogP contribution in [0.5, 0.6) is 5.75 Å².